The standard InChI is InChI=1S/C13H24N4O3/c18-11-10-15-4-1-5-16(9-8-15)12(19)13(20)17-6-2-14-3-7-17/h14,18H,1-11H2. The number of carbonyl (C=O) groups excluding carboxylic acids is 2. The molecule has 2 rings (SSSR count). The number of nitrogens with one attached hydrogen (secondary N) is 1. The first-order valence-corrected chi connectivity index (χ1v) is 7.34. The van der Waals surface area contributed by atoms with Crippen LogP contribution < -0.4 is 5.32 Å². The Morgan fingerprint density at radius 2 is 1.55 bits per heavy atom. The van der Waals surface area contributed by atoms with Crippen LogP contribution in [-0.4, -0.2) is 97.1 Å². The van der Waals surface area contributed by atoms with Crippen LogP contribution in [0.15, 0.2) is 0 Å². The summed E-state index contributed by atoms with van der Waals surface area (Å²) in [5, 5.41) is 12.1. The van der Waals surface area contributed by atoms with Crippen LogP contribution >= 0.6 is 0 Å². The van der Waals surface area contributed by atoms with Crippen molar-refractivity contribution >= 4 is 11.8 Å². The largest absolute Gasteiger partial charge is 0.395 e. The van der Waals surface area contributed by atoms with Crippen LogP contribution in [0.5, 0.6) is 0 Å². The van der Waals surface area contributed by atoms with Crippen molar-refractivity contribution in [3.05, 3.63) is 0 Å². The van der Waals surface area contributed by atoms with Gasteiger partial charge >= 0.3 is 11.8 Å². The highest BCUT2D eigenvalue weighted by atomic mass is 16.3. The highest BCUT2D eigenvalue weighted by molar-refractivity contribution is 6.34. The molecule has 0 bridgehead atoms. The summed E-state index contributed by atoms with van der Waals surface area (Å²) in [6.45, 7) is 6.26. The molecule has 2 fully saturated rings. The zero-order valence-electron chi connectivity index (χ0n) is 11.9. The summed E-state index contributed by atoms with van der Waals surface area (Å²) in [5.74, 6) is -0.750. The topological polar surface area (TPSA) is 76.1 Å². The average Bonchev–Trinajstić information content (AvgIpc) is 2.73. The van der Waals surface area contributed by atoms with E-state index in [1.165, 1.54) is 0 Å². The molecule has 0 spiro atoms. The third-order valence-corrected chi connectivity index (χ3v) is 3.88. The maximum absolute atomic E-state index is 12.3. The van der Waals surface area contributed by atoms with Gasteiger partial charge in [0, 0.05) is 52.4 Å². The van der Waals surface area contributed by atoms with Crippen LogP contribution in [0.25, 0.3) is 0 Å². The fraction of sp³-hybridized carbons (Fsp3) is 0.846. The third-order valence-electron chi connectivity index (χ3n) is 3.88. The summed E-state index contributed by atoms with van der Waals surface area (Å²) in [6.07, 6.45) is 0.848. The first-order chi connectivity index (χ1) is 9.72. The fourth-order valence-corrected chi connectivity index (χ4v) is 2.68. The number of hydrogen-bond donors (Lipinski definition) is 2. The number of β-amino-alcohol motifs (C(OH)–C–C–N with tert-alkyl or cyclic N) is 1. The number of rotatable bonds is 2. The van der Waals surface area contributed by atoms with E-state index in [4.69, 9.17) is 5.11 Å². The first-order valence-electron chi connectivity index (χ1n) is 7.34. The van der Waals surface area contributed by atoms with Crippen molar-refractivity contribution in [1.82, 2.24) is 20.0 Å². The quantitative estimate of drug-likeness (QED) is 0.571. The number of nitrogens with zero attached hydrogens (tertiary/aromatic N) is 3. The average molecular weight is 284 g/mol. The third kappa shape index (κ3) is 3.91. The Kier molecular flexibility index (Phi) is 5.75. The molecule has 2 aliphatic rings. The fourth-order valence-electron chi connectivity index (χ4n) is 2.68. The van der Waals surface area contributed by atoms with Crippen LogP contribution in [-0.2, 0) is 9.59 Å². The molecule has 20 heavy (non-hydrogen) atoms. The predicted octanol–water partition coefficient (Wildman–Crippen LogP) is -2.06. The zero-order chi connectivity index (χ0) is 14.4. The summed E-state index contributed by atoms with van der Waals surface area (Å²) in [6, 6.07) is 0. The number of carbonyl (C=O) groups is 2. The van der Waals surface area contributed by atoms with Gasteiger partial charge < -0.3 is 20.2 Å². The van der Waals surface area contributed by atoms with Gasteiger partial charge in [0.2, 0.25) is 0 Å². The van der Waals surface area contributed by atoms with Crippen LogP contribution in [0.2, 0.25) is 0 Å². The van der Waals surface area contributed by atoms with E-state index >= 15 is 0 Å². The number of piperazine rings is 1. The van der Waals surface area contributed by atoms with E-state index in [-0.39, 0.29) is 18.4 Å². The van der Waals surface area contributed by atoms with E-state index in [0.717, 1.165) is 32.6 Å². The van der Waals surface area contributed by atoms with Crippen molar-refractivity contribution in [2.24, 2.45) is 0 Å². The van der Waals surface area contributed by atoms with Gasteiger partial charge in [-0.15, -0.1) is 0 Å². The molecule has 0 aromatic heterocycles. The number of hydrogen-bond acceptors (Lipinski definition) is 5. The molecule has 0 aliphatic carbocycles. The van der Waals surface area contributed by atoms with E-state index in [1.807, 2.05) is 0 Å². The van der Waals surface area contributed by atoms with Gasteiger partial charge in [-0.05, 0) is 13.0 Å². The lowest BCUT2D eigenvalue weighted by molar-refractivity contribution is -0.152. The molecule has 2 aliphatic heterocycles. The van der Waals surface area contributed by atoms with E-state index in [0.29, 0.717) is 32.7 Å². The Hall–Kier alpha value is -1.18. The van der Waals surface area contributed by atoms with Gasteiger partial charge in [-0.1, -0.05) is 0 Å². The molecule has 0 saturated carbocycles. The monoisotopic (exact) mass is 284 g/mol. The molecule has 2 heterocycles. The maximum atomic E-state index is 12.3. The molecule has 0 atom stereocenters. The van der Waals surface area contributed by atoms with Crippen LogP contribution in [0.4, 0.5) is 0 Å². The molecule has 114 valence electrons. The Labute approximate surface area is 119 Å². The molecule has 0 radical (unpaired) electrons. The lowest BCUT2D eigenvalue weighted by atomic mass is 10.3. The minimum Gasteiger partial charge on any atom is -0.395 e. The van der Waals surface area contributed by atoms with Gasteiger partial charge in [0.05, 0.1) is 6.61 Å². The molecule has 0 aromatic carbocycles. The van der Waals surface area contributed by atoms with E-state index < -0.39 is 0 Å². The summed E-state index contributed by atoms with van der Waals surface area (Å²) >= 11 is 0. The predicted molar refractivity (Wildman–Crippen MR) is 74.2 cm³/mol. The molecule has 2 N–H and O–H groups in total. The summed E-state index contributed by atoms with van der Waals surface area (Å²) in [7, 11) is 0. The summed E-state index contributed by atoms with van der Waals surface area (Å²) in [5.41, 5.74) is 0. The van der Waals surface area contributed by atoms with Crippen molar-refractivity contribution in [1.29, 1.82) is 0 Å². The summed E-state index contributed by atoms with van der Waals surface area (Å²) < 4.78 is 0. The lowest BCUT2D eigenvalue weighted by Gasteiger charge is -2.29. The van der Waals surface area contributed by atoms with Crippen molar-refractivity contribution in [3.63, 3.8) is 0 Å². The summed E-state index contributed by atoms with van der Waals surface area (Å²) in [4.78, 5) is 29.8. The van der Waals surface area contributed by atoms with Crippen molar-refractivity contribution in [3.8, 4) is 0 Å². The molecule has 0 unspecified atom stereocenters. The number of aliphatic hydroxyl groups excluding tert-OH is 1. The zero-order valence-corrected chi connectivity index (χ0v) is 11.9. The second-order valence-corrected chi connectivity index (χ2v) is 5.25. The highest BCUT2D eigenvalue weighted by Gasteiger charge is 2.28. The second-order valence-electron chi connectivity index (χ2n) is 5.25. The Morgan fingerprint density at radius 1 is 0.900 bits per heavy atom. The van der Waals surface area contributed by atoms with Crippen molar-refractivity contribution in [2.45, 2.75) is 6.42 Å². The number of amides is 2. The lowest BCUT2D eigenvalue weighted by Crippen LogP contribution is -2.52. The molecule has 2 saturated heterocycles. The first kappa shape index (κ1) is 15.2. The van der Waals surface area contributed by atoms with Crippen molar-refractivity contribution in [2.75, 3.05) is 65.5 Å². The van der Waals surface area contributed by atoms with Crippen molar-refractivity contribution < 1.29 is 14.7 Å². The van der Waals surface area contributed by atoms with Gasteiger partial charge in [-0.25, -0.2) is 0 Å². The SMILES string of the molecule is O=C(C(=O)N1CCCN(CCO)CC1)N1CCNCC1. The molecule has 7 heteroatoms. The number of aliphatic hydroxyl groups is 1. The molecule has 2 amide bonds. The molecular formula is C13H24N4O3. The minimum atomic E-state index is -0.377. The van der Waals surface area contributed by atoms with Crippen LogP contribution in [0, 0.1) is 0 Å². The van der Waals surface area contributed by atoms with Gasteiger partial charge in [0.15, 0.2) is 0 Å². The van der Waals surface area contributed by atoms with E-state index in [9.17, 15) is 9.59 Å². The minimum absolute atomic E-state index is 0.133. The Balaban J connectivity index is 1.86. The van der Waals surface area contributed by atoms with Gasteiger partial charge in [-0.2, -0.15) is 0 Å². The van der Waals surface area contributed by atoms with Crippen LogP contribution in [0.1, 0.15) is 6.42 Å². The molecular weight excluding hydrogens is 260 g/mol. The van der Waals surface area contributed by atoms with Gasteiger partial charge in [0.25, 0.3) is 0 Å². The Morgan fingerprint density at radius 3 is 2.20 bits per heavy atom. The second kappa shape index (κ2) is 7.56. The van der Waals surface area contributed by atoms with Gasteiger partial charge in [-0.3, -0.25) is 14.5 Å². The van der Waals surface area contributed by atoms with Crippen LogP contribution in [0.3, 0.4) is 0 Å². The normalized spacial score (nSPS) is 21.6. The van der Waals surface area contributed by atoms with Gasteiger partial charge in [0.1, 0.15) is 0 Å². The molecule has 0 aromatic rings. The van der Waals surface area contributed by atoms with E-state index in [1.54, 1.807) is 9.80 Å². The smallest absolute Gasteiger partial charge is 0.312 e. The molecule has 7 nitrogen and oxygen atoms in total. The Bertz CT molecular complexity index is 345. The maximum Gasteiger partial charge on any atom is 0.312 e. The van der Waals surface area contributed by atoms with E-state index in [2.05, 4.69) is 10.2 Å². The highest BCUT2D eigenvalue weighted by Crippen LogP contribution is 2.05.